The molecule has 0 aliphatic carbocycles. The van der Waals surface area contributed by atoms with Crippen LogP contribution in [0.15, 0.2) is 23.4 Å². The van der Waals surface area contributed by atoms with Crippen LogP contribution >= 0.6 is 22.3 Å². The summed E-state index contributed by atoms with van der Waals surface area (Å²) in [6.45, 7) is 5.17. The van der Waals surface area contributed by atoms with Gasteiger partial charge in [-0.25, -0.2) is 12.8 Å². The average molecular weight is 352 g/mol. The molecule has 21 heavy (non-hydrogen) atoms. The van der Waals surface area contributed by atoms with Gasteiger partial charge in [-0.15, -0.1) is 10.2 Å². The number of rotatable bonds is 2. The molecule has 0 spiro atoms. The highest BCUT2D eigenvalue weighted by Gasteiger charge is 2.31. The Morgan fingerprint density at radius 1 is 1.24 bits per heavy atom. The van der Waals surface area contributed by atoms with E-state index in [9.17, 15) is 12.8 Å². The predicted molar refractivity (Wildman–Crippen MR) is 78.5 cm³/mol. The van der Waals surface area contributed by atoms with E-state index in [2.05, 4.69) is 10.2 Å². The first-order chi connectivity index (χ1) is 9.53. The van der Waals surface area contributed by atoms with Crippen molar-refractivity contribution in [3.05, 3.63) is 29.0 Å². The number of nitrogens with zero attached hydrogens (tertiary/aromatic N) is 3. The zero-order valence-corrected chi connectivity index (χ0v) is 13.8. The van der Waals surface area contributed by atoms with Crippen LogP contribution in [0.1, 0.15) is 20.8 Å². The highest BCUT2D eigenvalue weighted by atomic mass is 35.7. The summed E-state index contributed by atoms with van der Waals surface area (Å²) in [4.78, 5) is 0. The normalized spacial score (nSPS) is 12.7. The van der Waals surface area contributed by atoms with Crippen molar-refractivity contribution >= 4 is 31.3 Å². The van der Waals surface area contributed by atoms with Crippen LogP contribution in [0.3, 0.4) is 0 Å². The van der Waals surface area contributed by atoms with Gasteiger partial charge < -0.3 is 0 Å². The summed E-state index contributed by atoms with van der Waals surface area (Å²) in [6, 6.07) is 4.13. The molecule has 114 valence electrons. The van der Waals surface area contributed by atoms with Gasteiger partial charge >= 0.3 is 0 Å². The summed E-state index contributed by atoms with van der Waals surface area (Å²) in [6.07, 6.45) is 0. The van der Waals surface area contributed by atoms with E-state index in [0.29, 0.717) is 0 Å². The Hall–Kier alpha value is -1.18. The fourth-order valence-electron chi connectivity index (χ4n) is 1.91. The smallest absolute Gasteiger partial charge is 0.291 e. The Balaban J connectivity index is 2.87. The molecule has 1 aromatic carbocycles. The van der Waals surface area contributed by atoms with E-state index in [1.165, 1.54) is 22.8 Å². The number of hydrogen-bond donors (Lipinski definition) is 0. The van der Waals surface area contributed by atoms with Gasteiger partial charge in [0, 0.05) is 16.2 Å². The molecular formula is C12H12Cl2FN3O2S. The van der Waals surface area contributed by atoms with Crippen LogP contribution in [0.25, 0.3) is 11.4 Å². The van der Waals surface area contributed by atoms with Crippen molar-refractivity contribution in [2.24, 2.45) is 0 Å². The van der Waals surface area contributed by atoms with Gasteiger partial charge in [0.2, 0.25) is 0 Å². The average Bonchev–Trinajstić information content (AvgIpc) is 2.72. The lowest BCUT2D eigenvalue weighted by Crippen LogP contribution is -2.26. The molecule has 0 aliphatic rings. The molecule has 2 rings (SSSR count). The number of hydrogen-bond acceptors (Lipinski definition) is 4. The first kappa shape index (κ1) is 16.2. The van der Waals surface area contributed by atoms with E-state index in [1.54, 1.807) is 20.8 Å². The Morgan fingerprint density at radius 2 is 1.86 bits per heavy atom. The molecule has 0 unspecified atom stereocenters. The zero-order chi connectivity index (χ0) is 16.0. The predicted octanol–water partition coefficient (Wildman–Crippen LogP) is 3.42. The second-order valence-electron chi connectivity index (χ2n) is 5.35. The molecule has 5 nitrogen and oxygen atoms in total. The summed E-state index contributed by atoms with van der Waals surface area (Å²) >= 11 is 6.01. The maximum absolute atomic E-state index is 14.1. The Labute approximate surface area is 131 Å². The van der Waals surface area contributed by atoms with Crippen LogP contribution in [0.2, 0.25) is 5.02 Å². The molecule has 0 radical (unpaired) electrons. The Morgan fingerprint density at radius 3 is 2.33 bits per heavy atom. The van der Waals surface area contributed by atoms with E-state index < -0.39 is 25.6 Å². The minimum absolute atomic E-state index is 0.00447. The summed E-state index contributed by atoms with van der Waals surface area (Å²) in [7, 11) is 1.24. The first-order valence-corrected chi connectivity index (χ1v) is 8.57. The Bertz CT molecular complexity index is 777. The van der Waals surface area contributed by atoms with Gasteiger partial charge in [0.1, 0.15) is 5.82 Å². The molecule has 9 heteroatoms. The van der Waals surface area contributed by atoms with E-state index in [0.717, 1.165) is 0 Å². The standard InChI is InChI=1S/C12H12Cl2FN3O2S/c1-12(2,3)18-10(16-17-11(18)21(14,19)20)9-7(13)5-4-6-8(9)15/h4-6H,1-3H3. The van der Waals surface area contributed by atoms with Crippen LogP contribution in [0.5, 0.6) is 0 Å². The summed E-state index contributed by atoms with van der Waals surface area (Å²) in [5.41, 5.74) is -0.769. The monoisotopic (exact) mass is 351 g/mol. The number of benzene rings is 1. The van der Waals surface area contributed by atoms with E-state index in [1.807, 2.05) is 0 Å². The molecular weight excluding hydrogens is 340 g/mol. The second-order valence-corrected chi connectivity index (χ2v) is 8.21. The third kappa shape index (κ3) is 3.04. The van der Waals surface area contributed by atoms with Crippen molar-refractivity contribution in [3.8, 4) is 11.4 Å². The van der Waals surface area contributed by atoms with Crippen molar-refractivity contribution < 1.29 is 12.8 Å². The molecule has 0 amide bonds. The maximum Gasteiger partial charge on any atom is 0.296 e. The van der Waals surface area contributed by atoms with Gasteiger partial charge in [0.25, 0.3) is 14.2 Å². The molecule has 0 bridgehead atoms. The summed E-state index contributed by atoms with van der Waals surface area (Å²) < 4.78 is 38.6. The van der Waals surface area contributed by atoms with Crippen LogP contribution in [0.4, 0.5) is 4.39 Å². The molecule has 2 aromatic rings. The summed E-state index contributed by atoms with van der Waals surface area (Å²) in [5, 5.41) is 7.00. The van der Waals surface area contributed by atoms with Crippen LogP contribution in [0, 0.1) is 5.82 Å². The van der Waals surface area contributed by atoms with Gasteiger partial charge in [0.05, 0.1) is 10.6 Å². The van der Waals surface area contributed by atoms with Gasteiger partial charge in [-0.3, -0.25) is 4.57 Å². The SMILES string of the molecule is CC(C)(C)n1c(-c2c(F)cccc2Cl)nnc1S(=O)(=O)Cl. The van der Waals surface area contributed by atoms with Crippen molar-refractivity contribution in [2.45, 2.75) is 31.5 Å². The molecule has 0 aliphatic heterocycles. The van der Waals surface area contributed by atoms with Gasteiger partial charge in [-0.05, 0) is 32.9 Å². The minimum atomic E-state index is -4.13. The van der Waals surface area contributed by atoms with Crippen molar-refractivity contribution in [2.75, 3.05) is 0 Å². The largest absolute Gasteiger partial charge is 0.296 e. The topological polar surface area (TPSA) is 64.8 Å². The molecule has 0 fully saturated rings. The molecule has 0 N–H and O–H groups in total. The quantitative estimate of drug-likeness (QED) is 0.777. The van der Waals surface area contributed by atoms with Crippen LogP contribution < -0.4 is 0 Å². The van der Waals surface area contributed by atoms with Crippen molar-refractivity contribution in [1.82, 2.24) is 14.8 Å². The van der Waals surface area contributed by atoms with Crippen molar-refractivity contribution in [3.63, 3.8) is 0 Å². The lowest BCUT2D eigenvalue weighted by Gasteiger charge is -2.24. The van der Waals surface area contributed by atoms with E-state index in [-0.39, 0.29) is 16.4 Å². The zero-order valence-electron chi connectivity index (χ0n) is 11.4. The highest BCUT2D eigenvalue weighted by Crippen LogP contribution is 2.34. The van der Waals surface area contributed by atoms with Gasteiger partial charge in [0.15, 0.2) is 5.82 Å². The highest BCUT2D eigenvalue weighted by molar-refractivity contribution is 8.13. The van der Waals surface area contributed by atoms with Crippen LogP contribution in [-0.2, 0) is 14.6 Å². The van der Waals surface area contributed by atoms with E-state index >= 15 is 0 Å². The fourth-order valence-corrected chi connectivity index (χ4v) is 3.17. The second kappa shape index (κ2) is 5.23. The third-order valence-corrected chi connectivity index (χ3v) is 4.14. The molecule has 0 saturated heterocycles. The van der Waals surface area contributed by atoms with Gasteiger partial charge in [-0.1, -0.05) is 17.7 Å². The first-order valence-electron chi connectivity index (χ1n) is 5.88. The molecule has 1 aromatic heterocycles. The molecule has 1 heterocycles. The third-order valence-electron chi connectivity index (χ3n) is 2.71. The lowest BCUT2D eigenvalue weighted by atomic mass is 10.1. The lowest BCUT2D eigenvalue weighted by molar-refractivity contribution is 0.366. The molecule has 0 saturated carbocycles. The van der Waals surface area contributed by atoms with E-state index in [4.69, 9.17) is 22.3 Å². The van der Waals surface area contributed by atoms with Crippen molar-refractivity contribution in [1.29, 1.82) is 0 Å². The maximum atomic E-state index is 14.1. The van der Waals surface area contributed by atoms with Crippen LogP contribution in [-0.4, -0.2) is 23.2 Å². The number of aromatic nitrogens is 3. The van der Waals surface area contributed by atoms with Gasteiger partial charge in [-0.2, -0.15) is 0 Å². The molecule has 0 atom stereocenters. The number of halogens is 3. The Kier molecular flexibility index (Phi) is 4.03. The fraction of sp³-hybridized carbons (Fsp3) is 0.333. The summed E-state index contributed by atoms with van der Waals surface area (Å²) in [5.74, 6) is -0.622. The minimum Gasteiger partial charge on any atom is -0.291 e.